The number of hydrogen-bond acceptors (Lipinski definition) is 4. The fourth-order valence-electron chi connectivity index (χ4n) is 2.40. The molecule has 1 saturated carbocycles. The topological polar surface area (TPSA) is 61.5 Å². The van der Waals surface area contributed by atoms with Crippen molar-refractivity contribution < 1.29 is 18.7 Å². The predicted molar refractivity (Wildman–Crippen MR) is 68.3 cm³/mol. The van der Waals surface area contributed by atoms with Crippen LogP contribution in [0.5, 0.6) is 5.75 Å². The van der Waals surface area contributed by atoms with Crippen LogP contribution in [0.4, 0.5) is 4.39 Å². The second-order valence-electron chi connectivity index (χ2n) is 5.04. The van der Waals surface area contributed by atoms with Gasteiger partial charge in [-0.1, -0.05) is 6.07 Å². The van der Waals surface area contributed by atoms with Gasteiger partial charge in [0.2, 0.25) is 0 Å². The first-order valence-corrected chi connectivity index (χ1v) is 6.25. The number of hydrogen-bond donors (Lipinski definition) is 1. The van der Waals surface area contributed by atoms with E-state index in [1.54, 1.807) is 6.07 Å². The van der Waals surface area contributed by atoms with Crippen molar-refractivity contribution in [3.05, 3.63) is 29.6 Å². The van der Waals surface area contributed by atoms with E-state index >= 15 is 0 Å². The lowest BCUT2D eigenvalue weighted by atomic mass is 10.00. The van der Waals surface area contributed by atoms with Crippen LogP contribution in [0.1, 0.15) is 24.8 Å². The van der Waals surface area contributed by atoms with Crippen LogP contribution in [0.15, 0.2) is 18.2 Å². The van der Waals surface area contributed by atoms with Crippen molar-refractivity contribution in [2.24, 2.45) is 5.73 Å². The Labute approximate surface area is 111 Å². The molecule has 4 nitrogen and oxygen atoms in total. The van der Waals surface area contributed by atoms with E-state index in [2.05, 4.69) is 0 Å². The van der Waals surface area contributed by atoms with E-state index in [1.807, 2.05) is 6.92 Å². The number of benzene rings is 1. The Hall–Kier alpha value is -1.62. The summed E-state index contributed by atoms with van der Waals surface area (Å²) in [5.74, 6) is -0.265. The SMILES string of the molecule is COC(=O)C1(N)CCC(Oc2cc(F)ccc2C)C1. The molecule has 0 radical (unpaired) electrons. The number of nitrogens with two attached hydrogens (primary N) is 1. The van der Waals surface area contributed by atoms with Crippen molar-refractivity contribution in [1.82, 2.24) is 0 Å². The molecule has 1 aromatic carbocycles. The first kappa shape index (κ1) is 13.8. The maximum atomic E-state index is 13.2. The molecule has 1 aromatic rings. The van der Waals surface area contributed by atoms with Gasteiger partial charge in [0.15, 0.2) is 0 Å². The van der Waals surface area contributed by atoms with Gasteiger partial charge in [0.1, 0.15) is 23.2 Å². The first-order chi connectivity index (χ1) is 8.94. The summed E-state index contributed by atoms with van der Waals surface area (Å²) in [5.41, 5.74) is 5.87. The minimum absolute atomic E-state index is 0.190. The average Bonchev–Trinajstić information content (AvgIpc) is 2.76. The molecule has 2 unspecified atom stereocenters. The van der Waals surface area contributed by atoms with Crippen LogP contribution >= 0.6 is 0 Å². The van der Waals surface area contributed by atoms with Crippen molar-refractivity contribution in [2.75, 3.05) is 7.11 Å². The molecule has 2 N–H and O–H groups in total. The Balaban J connectivity index is 2.06. The van der Waals surface area contributed by atoms with Gasteiger partial charge in [0.05, 0.1) is 7.11 Å². The van der Waals surface area contributed by atoms with Gasteiger partial charge in [-0.05, 0) is 31.4 Å². The van der Waals surface area contributed by atoms with Gasteiger partial charge in [0, 0.05) is 12.5 Å². The van der Waals surface area contributed by atoms with E-state index in [0.29, 0.717) is 25.0 Å². The highest BCUT2D eigenvalue weighted by Gasteiger charge is 2.44. The van der Waals surface area contributed by atoms with Crippen molar-refractivity contribution >= 4 is 5.97 Å². The Morgan fingerprint density at radius 2 is 2.26 bits per heavy atom. The molecule has 0 heterocycles. The van der Waals surface area contributed by atoms with Gasteiger partial charge < -0.3 is 15.2 Å². The number of methoxy groups -OCH3 is 1. The summed E-state index contributed by atoms with van der Waals surface area (Å²) in [6, 6.07) is 4.40. The van der Waals surface area contributed by atoms with Crippen LogP contribution < -0.4 is 10.5 Å². The number of esters is 1. The van der Waals surface area contributed by atoms with Crippen LogP contribution in [0.2, 0.25) is 0 Å². The summed E-state index contributed by atoms with van der Waals surface area (Å²) in [5, 5.41) is 0. The van der Waals surface area contributed by atoms with Crippen LogP contribution in [-0.4, -0.2) is 24.7 Å². The highest BCUT2D eigenvalue weighted by Crippen LogP contribution is 2.33. The van der Waals surface area contributed by atoms with Crippen molar-refractivity contribution in [2.45, 2.75) is 37.8 Å². The van der Waals surface area contributed by atoms with Crippen molar-refractivity contribution in [3.8, 4) is 5.75 Å². The Morgan fingerprint density at radius 1 is 1.53 bits per heavy atom. The third-order valence-electron chi connectivity index (χ3n) is 3.54. The molecule has 104 valence electrons. The highest BCUT2D eigenvalue weighted by molar-refractivity contribution is 5.80. The zero-order valence-electron chi connectivity index (χ0n) is 11.1. The standard InChI is InChI=1S/C14H18FNO3/c1-9-3-4-10(15)7-12(9)19-11-5-6-14(16,8-11)13(17)18-2/h3-4,7,11H,5-6,8,16H2,1-2H3. The summed E-state index contributed by atoms with van der Waals surface area (Å²) in [4.78, 5) is 11.6. The van der Waals surface area contributed by atoms with Crippen molar-refractivity contribution in [3.63, 3.8) is 0 Å². The van der Waals surface area contributed by atoms with Gasteiger partial charge >= 0.3 is 5.97 Å². The summed E-state index contributed by atoms with van der Waals surface area (Å²) in [6.07, 6.45) is 1.36. The molecule has 19 heavy (non-hydrogen) atoms. The molecule has 1 aliphatic rings. The summed E-state index contributed by atoms with van der Waals surface area (Å²) in [6.45, 7) is 1.85. The van der Waals surface area contributed by atoms with E-state index < -0.39 is 11.5 Å². The largest absolute Gasteiger partial charge is 0.490 e. The molecule has 0 bridgehead atoms. The van der Waals surface area contributed by atoms with Crippen LogP contribution in [0, 0.1) is 12.7 Å². The molecule has 2 rings (SSSR count). The average molecular weight is 267 g/mol. The second-order valence-corrected chi connectivity index (χ2v) is 5.04. The van der Waals surface area contributed by atoms with E-state index in [1.165, 1.54) is 19.2 Å². The lowest BCUT2D eigenvalue weighted by molar-refractivity contribution is -0.147. The monoisotopic (exact) mass is 267 g/mol. The maximum Gasteiger partial charge on any atom is 0.325 e. The Bertz CT molecular complexity index is 492. The smallest absolute Gasteiger partial charge is 0.325 e. The summed E-state index contributed by atoms with van der Waals surface area (Å²) < 4.78 is 23.6. The molecule has 1 fully saturated rings. The normalized spacial score (nSPS) is 26.2. The van der Waals surface area contributed by atoms with Crippen molar-refractivity contribution in [1.29, 1.82) is 0 Å². The number of carbonyl (C=O) groups is 1. The number of aryl methyl sites for hydroxylation is 1. The van der Waals surface area contributed by atoms with Crippen LogP contribution in [-0.2, 0) is 9.53 Å². The van der Waals surface area contributed by atoms with Gasteiger partial charge in [0.25, 0.3) is 0 Å². The fraction of sp³-hybridized carbons (Fsp3) is 0.500. The maximum absolute atomic E-state index is 13.2. The lowest BCUT2D eigenvalue weighted by Crippen LogP contribution is -2.47. The quantitative estimate of drug-likeness (QED) is 0.850. The summed E-state index contributed by atoms with van der Waals surface area (Å²) >= 11 is 0. The zero-order chi connectivity index (χ0) is 14.0. The zero-order valence-corrected chi connectivity index (χ0v) is 11.1. The minimum atomic E-state index is -0.985. The highest BCUT2D eigenvalue weighted by atomic mass is 19.1. The predicted octanol–water partition coefficient (Wildman–Crippen LogP) is 1.94. The number of rotatable bonds is 3. The van der Waals surface area contributed by atoms with Crippen LogP contribution in [0.3, 0.4) is 0 Å². The number of halogens is 1. The Kier molecular flexibility index (Phi) is 3.75. The number of carbonyl (C=O) groups excluding carboxylic acids is 1. The van der Waals surface area contributed by atoms with Gasteiger partial charge in [-0.25, -0.2) is 4.39 Å². The van der Waals surface area contributed by atoms with Gasteiger partial charge in [-0.2, -0.15) is 0 Å². The lowest BCUT2D eigenvalue weighted by Gasteiger charge is -2.21. The van der Waals surface area contributed by atoms with E-state index in [9.17, 15) is 9.18 Å². The molecular weight excluding hydrogens is 249 g/mol. The Morgan fingerprint density at radius 3 is 2.95 bits per heavy atom. The third-order valence-corrected chi connectivity index (χ3v) is 3.54. The molecule has 0 spiro atoms. The van der Waals surface area contributed by atoms with E-state index in [4.69, 9.17) is 15.2 Å². The van der Waals surface area contributed by atoms with E-state index in [0.717, 1.165) is 5.56 Å². The molecule has 5 heteroatoms. The van der Waals surface area contributed by atoms with Gasteiger partial charge in [-0.15, -0.1) is 0 Å². The fourth-order valence-corrected chi connectivity index (χ4v) is 2.40. The summed E-state index contributed by atoms with van der Waals surface area (Å²) in [7, 11) is 1.32. The first-order valence-electron chi connectivity index (χ1n) is 6.25. The van der Waals surface area contributed by atoms with E-state index in [-0.39, 0.29) is 11.9 Å². The molecule has 0 saturated heterocycles. The van der Waals surface area contributed by atoms with Gasteiger partial charge in [-0.3, -0.25) is 4.79 Å². The molecule has 1 aliphatic carbocycles. The number of ether oxygens (including phenoxy) is 2. The van der Waals surface area contributed by atoms with Crippen LogP contribution in [0.25, 0.3) is 0 Å². The molecular formula is C14H18FNO3. The molecule has 0 aromatic heterocycles. The molecule has 0 aliphatic heterocycles. The third kappa shape index (κ3) is 2.87. The second kappa shape index (κ2) is 5.17. The minimum Gasteiger partial charge on any atom is -0.490 e. The molecule has 0 amide bonds. The molecule has 2 atom stereocenters.